The summed E-state index contributed by atoms with van der Waals surface area (Å²) in [7, 11) is 0. The van der Waals surface area contributed by atoms with Crippen LogP contribution in [0, 0.1) is 5.82 Å². The Balaban J connectivity index is 1.54. The van der Waals surface area contributed by atoms with Gasteiger partial charge in [0.2, 0.25) is 10.9 Å². The SMILES string of the molecule is O=C(CN1C(=O)C(=c2sc3ncnn3c2=O)c2ccccc21)Nc1ccc(F)cc1. The lowest BCUT2D eigenvalue weighted by atomic mass is 10.1. The van der Waals surface area contributed by atoms with E-state index < -0.39 is 23.2 Å². The predicted molar refractivity (Wildman–Crippen MR) is 109 cm³/mol. The molecule has 148 valence electrons. The molecule has 8 nitrogen and oxygen atoms in total. The van der Waals surface area contributed by atoms with Crippen molar-refractivity contribution in [1.29, 1.82) is 0 Å². The molecular formula is C20H12FN5O3S. The number of aromatic nitrogens is 3. The van der Waals surface area contributed by atoms with E-state index in [0.717, 1.165) is 15.9 Å². The average molecular weight is 421 g/mol. The normalized spacial score (nSPS) is 15.0. The molecule has 1 N–H and O–H groups in total. The zero-order valence-corrected chi connectivity index (χ0v) is 16.0. The van der Waals surface area contributed by atoms with Crippen LogP contribution in [-0.4, -0.2) is 33.0 Å². The molecule has 0 spiro atoms. The number of carbonyl (C=O) groups is 2. The quantitative estimate of drug-likeness (QED) is 0.536. The molecule has 10 heteroatoms. The van der Waals surface area contributed by atoms with Crippen molar-refractivity contribution in [2.24, 2.45) is 0 Å². The molecule has 1 aliphatic rings. The Morgan fingerprint density at radius 1 is 1.10 bits per heavy atom. The van der Waals surface area contributed by atoms with Crippen molar-refractivity contribution >= 4 is 45.1 Å². The molecule has 0 bridgehead atoms. The zero-order valence-electron chi connectivity index (χ0n) is 15.2. The van der Waals surface area contributed by atoms with Crippen molar-refractivity contribution in [3.63, 3.8) is 0 Å². The van der Waals surface area contributed by atoms with Gasteiger partial charge in [0, 0.05) is 11.3 Å². The smallest absolute Gasteiger partial charge is 0.291 e. The maximum absolute atomic E-state index is 13.2. The third-order valence-corrected chi connectivity index (χ3v) is 5.72. The van der Waals surface area contributed by atoms with Crippen LogP contribution >= 0.6 is 11.3 Å². The molecule has 0 fully saturated rings. The highest BCUT2D eigenvalue weighted by Gasteiger charge is 2.35. The highest BCUT2D eigenvalue weighted by Crippen LogP contribution is 2.35. The minimum Gasteiger partial charge on any atom is -0.325 e. The largest absolute Gasteiger partial charge is 0.325 e. The molecule has 4 aromatic rings. The first kappa shape index (κ1) is 18.1. The summed E-state index contributed by atoms with van der Waals surface area (Å²) in [5.41, 5.74) is 1.31. The molecule has 0 saturated carbocycles. The van der Waals surface area contributed by atoms with E-state index in [9.17, 15) is 18.8 Å². The summed E-state index contributed by atoms with van der Waals surface area (Å²) in [6, 6.07) is 12.3. The summed E-state index contributed by atoms with van der Waals surface area (Å²) in [5.74, 6) is -1.32. The van der Waals surface area contributed by atoms with Crippen molar-refractivity contribution in [2.45, 2.75) is 0 Å². The Hall–Kier alpha value is -3.92. The first-order valence-electron chi connectivity index (χ1n) is 8.86. The summed E-state index contributed by atoms with van der Waals surface area (Å²) >= 11 is 1.08. The summed E-state index contributed by atoms with van der Waals surface area (Å²) in [4.78, 5) is 44.2. The molecule has 30 heavy (non-hydrogen) atoms. The number of nitrogens with zero attached hydrogens (tertiary/aromatic N) is 4. The summed E-state index contributed by atoms with van der Waals surface area (Å²) in [6.07, 6.45) is 1.28. The van der Waals surface area contributed by atoms with Crippen LogP contribution in [0.3, 0.4) is 0 Å². The van der Waals surface area contributed by atoms with Gasteiger partial charge < -0.3 is 5.32 Å². The number of anilines is 2. The number of amides is 2. The van der Waals surface area contributed by atoms with E-state index >= 15 is 0 Å². The van der Waals surface area contributed by atoms with Crippen LogP contribution < -0.4 is 20.3 Å². The Morgan fingerprint density at radius 2 is 1.87 bits per heavy atom. The van der Waals surface area contributed by atoms with E-state index in [1.54, 1.807) is 24.3 Å². The predicted octanol–water partition coefficient (Wildman–Crippen LogP) is 1.19. The minimum absolute atomic E-state index is 0.225. The van der Waals surface area contributed by atoms with E-state index in [1.807, 2.05) is 0 Å². The number of thiazole rings is 1. The maximum atomic E-state index is 13.2. The molecule has 0 unspecified atom stereocenters. The zero-order chi connectivity index (χ0) is 20.8. The molecule has 2 aromatic heterocycles. The van der Waals surface area contributed by atoms with Gasteiger partial charge in [0.05, 0.1) is 11.3 Å². The van der Waals surface area contributed by atoms with Crippen molar-refractivity contribution in [2.75, 3.05) is 16.8 Å². The van der Waals surface area contributed by atoms with Crippen LogP contribution in [0.1, 0.15) is 5.56 Å². The van der Waals surface area contributed by atoms with E-state index in [0.29, 0.717) is 21.9 Å². The lowest BCUT2D eigenvalue weighted by Crippen LogP contribution is -2.37. The Bertz CT molecular complexity index is 1430. The van der Waals surface area contributed by atoms with Crippen LogP contribution in [0.2, 0.25) is 0 Å². The van der Waals surface area contributed by atoms with E-state index in [2.05, 4.69) is 15.4 Å². The number of fused-ring (bicyclic) bond motifs is 2. The van der Waals surface area contributed by atoms with Crippen molar-refractivity contribution in [1.82, 2.24) is 14.6 Å². The van der Waals surface area contributed by atoms with Crippen molar-refractivity contribution < 1.29 is 14.0 Å². The first-order valence-corrected chi connectivity index (χ1v) is 9.68. The van der Waals surface area contributed by atoms with Gasteiger partial charge in [-0.05, 0) is 30.3 Å². The van der Waals surface area contributed by atoms with Crippen LogP contribution in [0.15, 0.2) is 59.7 Å². The topological polar surface area (TPSA) is 96.7 Å². The van der Waals surface area contributed by atoms with Gasteiger partial charge in [0.25, 0.3) is 11.5 Å². The van der Waals surface area contributed by atoms with Crippen LogP contribution in [0.5, 0.6) is 0 Å². The second kappa shape index (κ2) is 6.85. The highest BCUT2D eigenvalue weighted by atomic mass is 32.1. The van der Waals surface area contributed by atoms with Gasteiger partial charge in [-0.25, -0.2) is 9.37 Å². The minimum atomic E-state index is -0.452. The van der Waals surface area contributed by atoms with Crippen LogP contribution in [0.25, 0.3) is 10.5 Å². The summed E-state index contributed by atoms with van der Waals surface area (Å²) in [6.45, 7) is -0.258. The maximum Gasteiger partial charge on any atom is 0.291 e. The third kappa shape index (κ3) is 2.85. The molecule has 0 radical (unpaired) electrons. The van der Waals surface area contributed by atoms with Crippen molar-refractivity contribution in [3.8, 4) is 0 Å². The summed E-state index contributed by atoms with van der Waals surface area (Å²) < 4.78 is 14.4. The fraction of sp³-hybridized carbons (Fsp3) is 0.0500. The Morgan fingerprint density at radius 3 is 2.63 bits per heavy atom. The molecule has 0 aliphatic carbocycles. The molecule has 2 aromatic carbocycles. The van der Waals surface area contributed by atoms with E-state index in [4.69, 9.17) is 0 Å². The number of para-hydroxylation sites is 1. The van der Waals surface area contributed by atoms with Gasteiger partial charge in [0.15, 0.2) is 0 Å². The number of nitrogens with one attached hydrogen (secondary N) is 1. The fourth-order valence-electron chi connectivity index (χ4n) is 3.36. The number of carbonyl (C=O) groups excluding carboxylic acids is 2. The highest BCUT2D eigenvalue weighted by molar-refractivity contribution is 7.15. The van der Waals surface area contributed by atoms with Gasteiger partial charge in [-0.3, -0.25) is 19.3 Å². The van der Waals surface area contributed by atoms with Gasteiger partial charge >= 0.3 is 0 Å². The molecule has 1 aliphatic heterocycles. The third-order valence-electron chi connectivity index (χ3n) is 4.68. The van der Waals surface area contributed by atoms with E-state index in [-0.39, 0.29) is 16.7 Å². The second-order valence-corrected chi connectivity index (χ2v) is 7.51. The Labute approximate surface area is 171 Å². The number of benzene rings is 2. The van der Waals surface area contributed by atoms with Gasteiger partial charge in [0.1, 0.15) is 23.2 Å². The average Bonchev–Trinajstić information content (AvgIpc) is 3.39. The number of rotatable bonds is 3. The first-order chi connectivity index (χ1) is 14.5. The molecule has 0 saturated heterocycles. The number of hydrogen-bond acceptors (Lipinski definition) is 6. The lowest BCUT2D eigenvalue weighted by molar-refractivity contribution is -0.118. The van der Waals surface area contributed by atoms with Gasteiger partial charge in [-0.15, -0.1) is 0 Å². The molecule has 2 amide bonds. The second-order valence-electron chi connectivity index (χ2n) is 6.53. The molecule has 3 heterocycles. The van der Waals surface area contributed by atoms with Gasteiger partial charge in [-0.1, -0.05) is 29.5 Å². The van der Waals surface area contributed by atoms with Crippen LogP contribution in [0.4, 0.5) is 15.8 Å². The molecule has 0 atom stereocenters. The standard InChI is InChI=1S/C20H12FN5O3S/c21-11-5-7-12(8-6-11)24-15(27)9-25-14-4-2-1-3-13(14)16(18(25)28)17-19(29)26-20(30-17)22-10-23-26/h1-8,10H,9H2,(H,24,27). The summed E-state index contributed by atoms with van der Waals surface area (Å²) in [5, 5.41) is 6.52. The lowest BCUT2D eigenvalue weighted by Gasteiger charge is -2.16. The fourth-order valence-corrected chi connectivity index (χ4v) is 4.33. The molecule has 5 rings (SSSR count). The monoisotopic (exact) mass is 421 g/mol. The van der Waals surface area contributed by atoms with Crippen molar-refractivity contribution in [3.05, 3.63) is 81.1 Å². The van der Waals surface area contributed by atoms with Crippen LogP contribution in [-0.2, 0) is 9.59 Å². The van der Waals surface area contributed by atoms with E-state index in [1.165, 1.54) is 35.5 Å². The molecular weight excluding hydrogens is 409 g/mol. The van der Waals surface area contributed by atoms with Gasteiger partial charge in [-0.2, -0.15) is 9.61 Å². The number of halogens is 1. The Kier molecular flexibility index (Phi) is 4.14. The number of hydrogen-bond donors (Lipinski definition) is 1.